The van der Waals surface area contributed by atoms with Gasteiger partial charge >= 0.3 is 0 Å². The number of phenolic OH excluding ortho intramolecular Hbond substituents is 1. The first-order valence-corrected chi connectivity index (χ1v) is 8.37. The highest BCUT2D eigenvalue weighted by atomic mass is 19.3. The Morgan fingerprint density at radius 2 is 1.88 bits per heavy atom. The van der Waals surface area contributed by atoms with Gasteiger partial charge in [0.15, 0.2) is 0 Å². The van der Waals surface area contributed by atoms with Crippen LogP contribution in [0, 0.1) is 12.8 Å². The van der Waals surface area contributed by atoms with Crippen LogP contribution < -0.4 is 4.74 Å². The molecule has 1 aliphatic heterocycles. The minimum atomic E-state index is -2.65. The van der Waals surface area contributed by atoms with E-state index in [1.165, 1.54) is 0 Å². The van der Waals surface area contributed by atoms with Gasteiger partial charge in [-0.15, -0.1) is 0 Å². The maximum absolute atomic E-state index is 14.0. The van der Waals surface area contributed by atoms with E-state index >= 15 is 0 Å². The van der Waals surface area contributed by atoms with Crippen molar-refractivity contribution in [2.45, 2.75) is 44.1 Å². The average Bonchev–Trinajstić information content (AvgIpc) is 2.54. The number of aryl methyl sites for hydroxylation is 1. The van der Waals surface area contributed by atoms with E-state index in [0.29, 0.717) is 17.7 Å². The van der Waals surface area contributed by atoms with Gasteiger partial charge in [0.2, 0.25) is 5.92 Å². The second kappa shape index (κ2) is 5.47. The summed E-state index contributed by atoms with van der Waals surface area (Å²) < 4.78 is 34.3. The molecule has 1 N–H and O–H groups in total. The summed E-state index contributed by atoms with van der Waals surface area (Å²) in [6.45, 7) is 2.02. The molecule has 1 aliphatic carbocycles. The number of ether oxygens (including phenoxy) is 1. The van der Waals surface area contributed by atoms with Crippen molar-refractivity contribution in [1.29, 1.82) is 0 Å². The van der Waals surface area contributed by atoms with Gasteiger partial charge in [-0.2, -0.15) is 0 Å². The number of hydrogen-bond acceptors (Lipinski definition) is 2. The Bertz CT molecular complexity index is 755. The number of aromatic hydroxyl groups is 1. The van der Waals surface area contributed by atoms with Gasteiger partial charge in [-0.1, -0.05) is 29.8 Å². The number of halogens is 2. The van der Waals surface area contributed by atoms with Crippen molar-refractivity contribution in [3.63, 3.8) is 0 Å². The van der Waals surface area contributed by atoms with Crippen molar-refractivity contribution < 1.29 is 18.6 Å². The zero-order valence-electron chi connectivity index (χ0n) is 13.5. The highest BCUT2D eigenvalue weighted by Crippen LogP contribution is 2.56. The number of alkyl halides is 2. The minimum Gasteiger partial charge on any atom is -0.508 e. The Kier molecular flexibility index (Phi) is 3.52. The maximum Gasteiger partial charge on any atom is 0.248 e. The van der Waals surface area contributed by atoms with E-state index in [2.05, 4.69) is 0 Å². The molecule has 2 nitrogen and oxygen atoms in total. The van der Waals surface area contributed by atoms with Crippen LogP contribution in [0.5, 0.6) is 11.5 Å². The first kappa shape index (κ1) is 15.4. The molecule has 0 bridgehead atoms. The highest BCUT2D eigenvalue weighted by molar-refractivity contribution is 5.45. The molecule has 3 atom stereocenters. The summed E-state index contributed by atoms with van der Waals surface area (Å²) in [7, 11) is 0. The molecule has 0 spiro atoms. The van der Waals surface area contributed by atoms with E-state index in [4.69, 9.17) is 4.74 Å². The Balaban J connectivity index is 1.78. The Labute approximate surface area is 140 Å². The van der Waals surface area contributed by atoms with Crippen LogP contribution in [0.2, 0.25) is 0 Å². The number of rotatable bonds is 1. The van der Waals surface area contributed by atoms with Gasteiger partial charge in [-0.05, 0) is 37.1 Å². The first-order chi connectivity index (χ1) is 11.4. The van der Waals surface area contributed by atoms with Gasteiger partial charge in [-0.25, -0.2) is 8.78 Å². The van der Waals surface area contributed by atoms with Crippen molar-refractivity contribution >= 4 is 0 Å². The van der Waals surface area contributed by atoms with Gasteiger partial charge in [0.25, 0.3) is 0 Å². The van der Waals surface area contributed by atoms with Crippen molar-refractivity contribution in [2.24, 2.45) is 5.92 Å². The van der Waals surface area contributed by atoms with Gasteiger partial charge in [0, 0.05) is 30.2 Å². The molecule has 2 aromatic rings. The molecule has 0 radical (unpaired) electrons. The fourth-order valence-electron chi connectivity index (χ4n) is 4.09. The van der Waals surface area contributed by atoms with Crippen LogP contribution in [0.4, 0.5) is 8.78 Å². The van der Waals surface area contributed by atoms with Crippen LogP contribution in [0.15, 0.2) is 42.5 Å². The maximum atomic E-state index is 14.0. The van der Waals surface area contributed by atoms with Gasteiger partial charge in [-0.3, -0.25) is 0 Å². The van der Waals surface area contributed by atoms with Crippen LogP contribution in [0.25, 0.3) is 0 Å². The molecule has 2 aromatic carbocycles. The lowest BCUT2D eigenvalue weighted by Crippen LogP contribution is -2.38. The molecule has 0 saturated heterocycles. The van der Waals surface area contributed by atoms with Crippen LogP contribution in [-0.4, -0.2) is 11.0 Å². The van der Waals surface area contributed by atoms with Crippen LogP contribution in [0.1, 0.15) is 48.0 Å². The smallest absolute Gasteiger partial charge is 0.248 e. The largest absolute Gasteiger partial charge is 0.508 e. The summed E-state index contributed by atoms with van der Waals surface area (Å²) >= 11 is 0. The summed E-state index contributed by atoms with van der Waals surface area (Å²) in [5, 5.41) is 9.78. The Hall–Kier alpha value is -2.10. The van der Waals surface area contributed by atoms with Gasteiger partial charge in [0.1, 0.15) is 17.6 Å². The fourth-order valence-corrected chi connectivity index (χ4v) is 4.09. The topological polar surface area (TPSA) is 29.5 Å². The molecule has 126 valence electrons. The lowest BCUT2D eigenvalue weighted by atomic mass is 9.68. The predicted octanol–water partition coefficient (Wildman–Crippen LogP) is 5.35. The second-order valence-corrected chi connectivity index (χ2v) is 7.04. The third-order valence-electron chi connectivity index (χ3n) is 5.32. The predicted molar refractivity (Wildman–Crippen MR) is 87.7 cm³/mol. The molecule has 0 amide bonds. The zero-order chi connectivity index (χ0) is 16.9. The van der Waals surface area contributed by atoms with Crippen molar-refractivity contribution in [3.8, 4) is 11.5 Å². The SMILES string of the molecule is Cc1ccc([C@H]2Oc3ccc(O)cc3[C@H]3CC(F)(F)CC[C@H]32)cc1. The summed E-state index contributed by atoms with van der Waals surface area (Å²) in [5.41, 5.74) is 2.90. The van der Waals surface area contributed by atoms with Gasteiger partial charge in [0.05, 0.1) is 0 Å². The monoisotopic (exact) mass is 330 g/mol. The summed E-state index contributed by atoms with van der Waals surface area (Å²) in [5.74, 6) is -2.24. The average molecular weight is 330 g/mol. The lowest BCUT2D eigenvalue weighted by Gasteiger charge is -2.44. The van der Waals surface area contributed by atoms with E-state index < -0.39 is 5.92 Å². The van der Waals surface area contributed by atoms with Crippen molar-refractivity contribution in [1.82, 2.24) is 0 Å². The van der Waals surface area contributed by atoms with E-state index in [9.17, 15) is 13.9 Å². The normalized spacial score (nSPS) is 27.7. The van der Waals surface area contributed by atoms with Gasteiger partial charge < -0.3 is 9.84 Å². The van der Waals surface area contributed by atoms with Crippen LogP contribution >= 0.6 is 0 Å². The van der Waals surface area contributed by atoms with Crippen LogP contribution in [-0.2, 0) is 0 Å². The molecule has 4 heteroatoms. The lowest BCUT2D eigenvalue weighted by molar-refractivity contribution is -0.0767. The molecule has 2 aliphatic rings. The van der Waals surface area contributed by atoms with E-state index in [0.717, 1.165) is 11.1 Å². The summed E-state index contributed by atoms with van der Waals surface area (Å²) in [6.07, 6.45) is -0.0807. The Morgan fingerprint density at radius 3 is 2.62 bits per heavy atom. The number of fused-ring (bicyclic) bond motifs is 3. The third kappa shape index (κ3) is 2.64. The van der Waals surface area contributed by atoms with Crippen LogP contribution in [0.3, 0.4) is 0 Å². The molecule has 1 saturated carbocycles. The molecule has 24 heavy (non-hydrogen) atoms. The second-order valence-electron chi connectivity index (χ2n) is 7.04. The molecular formula is C20H20F2O2. The molecule has 1 fully saturated rings. The Morgan fingerprint density at radius 1 is 1.12 bits per heavy atom. The standard InChI is InChI=1S/C20H20F2O2/c1-12-2-4-13(5-3-12)19-15-8-9-20(21,22)11-17(15)16-10-14(23)6-7-18(16)24-19/h2-7,10,15,17,19,23H,8-9,11H2,1H3/t15-,17+,19-/m1/s1. The van der Waals surface area contributed by atoms with E-state index in [-0.39, 0.29) is 36.5 Å². The summed E-state index contributed by atoms with van der Waals surface area (Å²) in [4.78, 5) is 0. The molecule has 1 heterocycles. The molecule has 0 unspecified atom stereocenters. The highest BCUT2D eigenvalue weighted by Gasteiger charge is 2.48. The number of benzene rings is 2. The molecule has 4 rings (SSSR count). The minimum absolute atomic E-state index is 0.00151. The van der Waals surface area contributed by atoms with E-state index in [1.54, 1.807) is 18.2 Å². The zero-order valence-corrected chi connectivity index (χ0v) is 13.5. The quantitative estimate of drug-likeness (QED) is 0.763. The number of hydrogen-bond donors (Lipinski definition) is 1. The number of phenols is 1. The first-order valence-electron chi connectivity index (χ1n) is 8.37. The van der Waals surface area contributed by atoms with E-state index in [1.807, 2.05) is 31.2 Å². The fraction of sp³-hybridized carbons (Fsp3) is 0.400. The van der Waals surface area contributed by atoms with Crippen molar-refractivity contribution in [2.75, 3.05) is 0 Å². The van der Waals surface area contributed by atoms with Crippen molar-refractivity contribution in [3.05, 3.63) is 59.2 Å². The summed E-state index contributed by atoms with van der Waals surface area (Å²) in [6, 6.07) is 12.9. The molecule has 0 aromatic heterocycles. The molecular weight excluding hydrogens is 310 g/mol. The third-order valence-corrected chi connectivity index (χ3v) is 5.32.